The van der Waals surface area contributed by atoms with E-state index in [2.05, 4.69) is 18.2 Å². The molecule has 0 atom stereocenters. The van der Waals surface area contributed by atoms with E-state index in [4.69, 9.17) is 10.5 Å². The molecule has 0 saturated heterocycles. The molecule has 0 aliphatic rings. The fourth-order valence-electron chi connectivity index (χ4n) is 1.83. The van der Waals surface area contributed by atoms with E-state index in [0.29, 0.717) is 0 Å². The normalized spacial score (nSPS) is 10.2. The van der Waals surface area contributed by atoms with E-state index >= 15 is 0 Å². The number of aryl methyl sites for hydroxylation is 2. The summed E-state index contributed by atoms with van der Waals surface area (Å²) in [7, 11) is 1.68. The fourth-order valence-corrected chi connectivity index (χ4v) is 1.83. The smallest absolute Gasteiger partial charge is 0.118 e. The number of anilines is 1. The number of methoxy groups -OCH3 is 1. The molecule has 88 valence electrons. The number of hydrogen-bond donors (Lipinski definition) is 1. The number of ether oxygens (including phenoxy) is 1. The minimum Gasteiger partial charge on any atom is -0.497 e. The third kappa shape index (κ3) is 3.25. The molecular weight excluding hydrogens is 210 g/mol. The quantitative estimate of drug-likeness (QED) is 0.815. The van der Waals surface area contributed by atoms with Crippen LogP contribution in [0.5, 0.6) is 5.75 Å². The maximum atomic E-state index is 5.75. The van der Waals surface area contributed by atoms with Crippen molar-refractivity contribution in [3.63, 3.8) is 0 Å². The largest absolute Gasteiger partial charge is 0.497 e. The average molecular weight is 227 g/mol. The Kier molecular flexibility index (Phi) is 3.66. The molecule has 0 aliphatic heterocycles. The lowest BCUT2D eigenvalue weighted by Crippen LogP contribution is -1.93. The summed E-state index contributed by atoms with van der Waals surface area (Å²) in [5, 5.41) is 0. The van der Waals surface area contributed by atoms with Crippen molar-refractivity contribution >= 4 is 5.69 Å². The van der Waals surface area contributed by atoms with Gasteiger partial charge in [-0.25, -0.2) is 0 Å². The summed E-state index contributed by atoms with van der Waals surface area (Å²) in [5.41, 5.74) is 9.17. The van der Waals surface area contributed by atoms with Gasteiger partial charge in [-0.1, -0.05) is 24.3 Å². The van der Waals surface area contributed by atoms with Gasteiger partial charge in [0.15, 0.2) is 0 Å². The Balaban J connectivity index is 1.97. The van der Waals surface area contributed by atoms with Gasteiger partial charge in [0.05, 0.1) is 7.11 Å². The summed E-state index contributed by atoms with van der Waals surface area (Å²) in [6.07, 6.45) is 2.03. The standard InChI is InChI=1S/C15H17NO/c1-17-15-9-7-12(8-10-15)5-6-13-3-2-4-14(16)11-13/h2-4,7-11H,5-6,16H2,1H3. The first-order valence-electron chi connectivity index (χ1n) is 5.75. The zero-order valence-electron chi connectivity index (χ0n) is 10.0. The third-order valence-electron chi connectivity index (χ3n) is 2.81. The summed E-state index contributed by atoms with van der Waals surface area (Å²) in [5.74, 6) is 0.901. The molecule has 2 rings (SSSR count). The summed E-state index contributed by atoms with van der Waals surface area (Å²) in [6.45, 7) is 0. The molecule has 0 fully saturated rings. The van der Waals surface area contributed by atoms with Crippen LogP contribution in [0.1, 0.15) is 11.1 Å². The third-order valence-corrected chi connectivity index (χ3v) is 2.81. The van der Waals surface area contributed by atoms with Crippen molar-refractivity contribution in [3.05, 3.63) is 59.7 Å². The highest BCUT2D eigenvalue weighted by Crippen LogP contribution is 2.14. The maximum Gasteiger partial charge on any atom is 0.118 e. The van der Waals surface area contributed by atoms with Crippen LogP contribution in [0.25, 0.3) is 0 Å². The molecule has 0 spiro atoms. The van der Waals surface area contributed by atoms with E-state index in [1.165, 1.54) is 11.1 Å². The maximum absolute atomic E-state index is 5.75. The van der Waals surface area contributed by atoms with Crippen molar-refractivity contribution in [2.45, 2.75) is 12.8 Å². The van der Waals surface area contributed by atoms with Gasteiger partial charge in [-0.15, -0.1) is 0 Å². The lowest BCUT2D eigenvalue weighted by molar-refractivity contribution is 0.414. The minimum atomic E-state index is 0.831. The number of rotatable bonds is 4. The van der Waals surface area contributed by atoms with Gasteiger partial charge < -0.3 is 10.5 Å². The molecule has 0 aliphatic carbocycles. The lowest BCUT2D eigenvalue weighted by atomic mass is 10.0. The lowest BCUT2D eigenvalue weighted by Gasteiger charge is -2.04. The summed E-state index contributed by atoms with van der Waals surface area (Å²) in [4.78, 5) is 0. The first-order valence-corrected chi connectivity index (χ1v) is 5.75. The van der Waals surface area contributed by atoms with Gasteiger partial charge in [0.25, 0.3) is 0 Å². The van der Waals surface area contributed by atoms with Crippen molar-refractivity contribution < 1.29 is 4.74 Å². The molecule has 2 heteroatoms. The monoisotopic (exact) mass is 227 g/mol. The molecule has 0 unspecified atom stereocenters. The van der Waals surface area contributed by atoms with Crippen LogP contribution in [0.2, 0.25) is 0 Å². The molecule has 0 aromatic heterocycles. The van der Waals surface area contributed by atoms with Crippen LogP contribution in [0, 0.1) is 0 Å². The van der Waals surface area contributed by atoms with E-state index < -0.39 is 0 Å². The van der Waals surface area contributed by atoms with Crippen LogP contribution in [0.4, 0.5) is 5.69 Å². The zero-order valence-corrected chi connectivity index (χ0v) is 10.0. The summed E-state index contributed by atoms with van der Waals surface area (Å²) >= 11 is 0. The first kappa shape index (κ1) is 11.5. The summed E-state index contributed by atoms with van der Waals surface area (Å²) < 4.78 is 5.13. The molecule has 0 heterocycles. The topological polar surface area (TPSA) is 35.2 Å². The van der Waals surface area contributed by atoms with E-state index in [-0.39, 0.29) is 0 Å². The Morgan fingerprint density at radius 1 is 0.941 bits per heavy atom. The zero-order chi connectivity index (χ0) is 12.1. The van der Waals surface area contributed by atoms with Crippen LogP contribution in [0.15, 0.2) is 48.5 Å². The second-order valence-electron chi connectivity index (χ2n) is 4.09. The van der Waals surface area contributed by atoms with Crippen LogP contribution >= 0.6 is 0 Å². The molecule has 0 amide bonds. The Morgan fingerprint density at radius 3 is 2.29 bits per heavy atom. The second-order valence-corrected chi connectivity index (χ2v) is 4.09. The van der Waals surface area contributed by atoms with Gasteiger partial charge in [-0.2, -0.15) is 0 Å². The Hall–Kier alpha value is -1.96. The number of nitrogens with two attached hydrogens (primary N) is 1. The predicted molar refractivity (Wildman–Crippen MR) is 71.3 cm³/mol. The van der Waals surface area contributed by atoms with Crippen LogP contribution < -0.4 is 10.5 Å². The molecule has 2 N–H and O–H groups in total. The molecule has 0 saturated carbocycles. The van der Waals surface area contributed by atoms with E-state index in [1.54, 1.807) is 7.11 Å². The molecule has 17 heavy (non-hydrogen) atoms. The molecule has 2 aromatic carbocycles. The van der Waals surface area contributed by atoms with Gasteiger partial charge >= 0.3 is 0 Å². The van der Waals surface area contributed by atoms with E-state index in [1.807, 2.05) is 30.3 Å². The highest BCUT2D eigenvalue weighted by atomic mass is 16.5. The van der Waals surface area contributed by atoms with Gasteiger partial charge in [-0.05, 0) is 48.2 Å². The second kappa shape index (κ2) is 5.39. The van der Waals surface area contributed by atoms with Crippen molar-refractivity contribution in [3.8, 4) is 5.75 Å². The van der Waals surface area contributed by atoms with E-state index in [0.717, 1.165) is 24.3 Å². The average Bonchev–Trinajstić information content (AvgIpc) is 2.37. The minimum absolute atomic E-state index is 0.831. The van der Waals surface area contributed by atoms with Crippen molar-refractivity contribution in [2.24, 2.45) is 0 Å². The SMILES string of the molecule is COc1ccc(CCc2cccc(N)c2)cc1. The Bertz CT molecular complexity index is 477. The number of hydrogen-bond acceptors (Lipinski definition) is 2. The molecule has 2 aromatic rings. The Morgan fingerprint density at radius 2 is 1.65 bits per heavy atom. The molecule has 0 bridgehead atoms. The van der Waals surface area contributed by atoms with Gasteiger partial charge in [0, 0.05) is 5.69 Å². The number of benzene rings is 2. The van der Waals surface area contributed by atoms with Crippen molar-refractivity contribution in [2.75, 3.05) is 12.8 Å². The van der Waals surface area contributed by atoms with Gasteiger partial charge in [0.2, 0.25) is 0 Å². The Labute approximate surface area is 102 Å². The van der Waals surface area contributed by atoms with Crippen molar-refractivity contribution in [1.29, 1.82) is 0 Å². The number of nitrogen functional groups attached to an aromatic ring is 1. The molecule has 0 radical (unpaired) electrons. The summed E-state index contributed by atoms with van der Waals surface area (Å²) in [6, 6.07) is 16.2. The fraction of sp³-hybridized carbons (Fsp3) is 0.200. The van der Waals surface area contributed by atoms with Crippen LogP contribution in [-0.2, 0) is 12.8 Å². The first-order chi connectivity index (χ1) is 8.28. The predicted octanol–water partition coefficient (Wildman–Crippen LogP) is 3.06. The highest BCUT2D eigenvalue weighted by Gasteiger charge is 1.97. The highest BCUT2D eigenvalue weighted by molar-refractivity contribution is 5.41. The molecular formula is C15H17NO. The molecule has 2 nitrogen and oxygen atoms in total. The van der Waals surface area contributed by atoms with Crippen LogP contribution in [-0.4, -0.2) is 7.11 Å². The van der Waals surface area contributed by atoms with Gasteiger partial charge in [0.1, 0.15) is 5.75 Å². The van der Waals surface area contributed by atoms with Crippen LogP contribution in [0.3, 0.4) is 0 Å². The van der Waals surface area contributed by atoms with Crippen molar-refractivity contribution in [1.82, 2.24) is 0 Å². The van der Waals surface area contributed by atoms with E-state index in [9.17, 15) is 0 Å². The van der Waals surface area contributed by atoms with Gasteiger partial charge in [-0.3, -0.25) is 0 Å².